The third-order valence-corrected chi connectivity index (χ3v) is 7.90. The van der Waals surface area contributed by atoms with Gasteiger partial charge in [-0.2, -0.15) is 0 Å². The molecular weight excluding hydrogens is 463 g/mol. The van der Waals surface area contributed by atoms with Crippen molar-refractivity contribution in [3.63, 3.8) is 0 Å². The quantitative estimate of drug-likeness (QED) is 0.279. The summed E-state index contributed by atoms with van der Waals surface area (Å²) in [6.45, 7) is 0.0676. The monoisotopic (exact) mass is 486 g/mol. The van der Waals surface area contributed by atoms with E-state index in [-0.39, 0.29) is 6.85 Å². The minimum absolute atomic E-state index is 0.0676. The molecule has 178 valence electrons. The fraction of sp³-hybridized carbons (Fsp3) is 0.0303. The fourth-order valence-electron chi connectivity index (χ4n) is 6.21. The van der Waals surface area contributed by atoms with E-state index in [4.69, 9.17) is 0 Å². The number of hydrogen-bond donors (Lipinski definition) is 0. The van der Waals surface area contributed by atoms with Crippen molar-refractivity contribution in [1.29, 1.82) is 0 Å². The SMILES string of the molecule is Cn1ccnc1-c1ccc2c(c1)N1B(c3ccccc3-c3ccc(-c4ccccn4)cc31)c1ccccc1-2. The molecular formula is C33H23BN4. The Bertz CT molecular complexity index is 1860. The van der Waals surface area contributed by atoms with E-state index >= 15 is 0 Å². The van der Waals surface area contributed by atoms with Gasteiger partial charge < -0.3 is 9.38 Å². The van der Waals surface area contributed by atoms with Crippen molar-refractivity contribution >= 4 is 29.1 Å². The Kier molecular flexibility index (Phi) is 4.50. The first kappa shape index (κ1) is 21.2. The minimum atomic E-state index is 0.0676. The van der Waals surface area contributed by atoms with Gasteiger partial charge in [-0.15, -0.1) is 0 Å². The summed E-state index contributed by atoms with van der Waals surface area (Å²) in [5.74, 6) is 0.961. The molecule has 0 bridgehead atoms. The molecule has 5 heteroatoms. The average Bonchev–Trinajstić information content (AvgIpc) is 3.42. The second-order valence-electron chi connectivity index (χ2n) is 9.99. The zero-order valence-electron chi connectivity index (χ0n) is 20.9. The van der Waals surface area contributed by atoms with Crippen LogP contribution >= 0.6 is 0 Å². The van der Waals surface area contributed by atoms with Crippen LogP contribution in [-0.2, 0) is 7.05 Å². The Labute approximate surface area is 222 Å². The number of pyridine rings is 1. The van der Waals surface area contributed by atoms with Crippen molar-refractivity contribution in [1.82, 2.24) is 14.5 Å². The molecule has 4 heterocycles. The summed E-state index contributed by atoms with van der Waals surface area (Å²) in [6.07, 6.45) is 5.72. The molecule has 0 spiro atoms. The van der Waals surface area contributed by atoms with E-state index in [9.17, 15) is 0 Å². The molecule has 0 atom stereocenters. The minimum Gasteiger partial charge on any atom is -0.376 e. The van der Waals surface area contributed by atoms with Crippen LogP contribution in [0.3, 0.4) is 0 Å². The van der Waals surface area contributed by atoms with Crippen LogP contribution in [0.1, 0.15) is 0 Å². The van der Waals surface area contributed by atoms with Gasteiger partial charge in [0, 0.05) is 59.3 Å². The second kappa shape index (κ2) is 8.05. The molecule has 4 nitrogen and oxygen atoms in total. The van der Waals surface area contributed by atoms with E-state index < -0.39 is 0 Å². The van der Waals surface area contributed by atoms with Gasteiger partial charge in [-0.3, -0.25) is 4.98 Å². The zero-order chi connectivity index (χ0) is 25.2. The Hall–Kier alpha value is -4.90. The highest BCUT2D eigenvalue weighted by Crippen LogP contribution is 2.47. The molecule has 0 fully saturated rings. The van der Waals surface area contributed by atoms with E-state index in [0.29, 0.717) is 0 Å². The predicted octanol–water partition coefficient (Wildman–Crippen LogP) is 6.05. The van der Waals surface area contributed by atoms with Gasteiger partial charge in [-0.05, 0) is 46.3 Å². The standard InChI is InChI=1S/C33H23BN4/c1-37-19-18-36-33(37)23-14-16-27-25-9-3-5-11-29(25)34-28-10-4-2-8-24(28)26-15-13-22(30-12-6-7-17-35-30)20-31(26)38(34)32(27)21-23/h2-21H,1H3. The Morgan fingerprint density at radius 1 is 0.579 bits per heavy atom. The normalized spacial score (nSPS) is 12.8. The van der Waals surface area contributed by atoms with Crippen LogP contribution in [0, 0.1) is 0 Å². The summed E-state index contributed by atoms with van der Waals surface area (Å²) in [6, 6.07) is 37.3. The molecule has 8 rings (SSSR count). The number of fused-ring (bicyclic) bond motifs is 11. The average molecular weight is 486 g/mol. The smallest absolute Gasteiger partial charge is 0.329 e. The first-order valence-electron chi connectivity index (χ1n) is 12.9. The number of nitrogens with zero attached hydrogens (tertiary/aromatic N) is 4. The molecule has 0 unspecified atom stereocenters. The number of aromatic nitrogens is 3. The maximum absolute atomic E-state index is 4.65. The van der Waals surface area contributed by atoms with Gasteiger partial charge in [0.2, 0.25) is 0 Å². The lowest BCUT2D eigenvalue weighted by molar-refractivity contribution is 0.925. The highest BCUT2D eigenvalue weighted by atomic mass is 15.1. The van der Waals surface area contributed by atoms with E-state index in [1.807, 2.05) is 37.8 Å². The molecule has 6 aromatic rings. The lowest BCUT2D eigenvalue weighted by Gasteiger charge is -2.43. The van der Waals surface area contributed by atoms with Crippen molar-refractivity contribution in [2.45, 2.75) is 0 Å². The Morgan fingerprint density at radius 3 is 1.84 bits per heavy atom. The van der Waals surface area contributed by atoms with Crippen molar-refractivity contribution in [2.75, 3.05) is 4.81 Å². The largest absolute Gasteiger partial charge is 0.376 e. The van der Waals surface area contributed by atoms with Gasteiger partial charge >= 0.3 is 6.85 Å². The molecule has 0 radical (unpaired) electrons. The lowest BCUT2D eigenvalue weighted by Crippen LogP contribution is -2.59. The summed E-state index contributed by atoms with van der Waals surface area (Å²) >= 11 is 0. The zero-order valence-corrected chi connectivity index (χ0v) is 20.9. The van der Waals surface area contributed by atoms with E-state index in [0.717, 1.165) is 22.6 Å². The van der Waals surface area contributed by atoms with E-state index in [2.05, 4.69) is 110 Å². The molecule has 0 aliphatic carbocycles. The van der Waals surface area contributed by atoms with E-state index in [1.54, 1.807) is 0 Å². The third-order valence-electron chi connectivity index (χ3n) is 7.90. The maximum Gasteiger partial charge on any atom is 0.329 e. The molecule has 2 aromatic heterocycles. The first-order chi connectivity index (χ1) is 18.8. The highest BCUT2D eigenvalue weighted by Gasteiger charge is 2.42. The molecule has 0 N–H and O–H groups in total. The number of benzene rings is 4. The van der Waals surface area contributed by atoms with Crippen LogP contribution in [0.15, 0.2) is 122 Å². The van der Waals surface area contributed by atoms with Gasteiger partial charge in [0.05, 0.1) is 5.69 Å². The van der Waals surface area contributed by atoms with Gasteiger partial charge in [-0.25, -0.2) is 4.98 Å². The van der Waals surface area contributed by atoms with Crippen LogP contribution in [0.2, 0.25) is 0 Å². The number of imidazole rings is 1. The predicted molar refractivity (Wildman–Crippen MR) is 156 cm³/mol. The first-order valence-corrected chi connectivity index (χ1v) is 12.9. The molecule has 0 saturated carbocycles. The van der Waals surface area contributed by atoms with Crippen molar-refractivity contribution in [3.8, 4) is 44.9 Å². The lowest BCUT2D eigenvalue weighted by atomic mass is 9.43. The number of hydrogen-bond acceptors (Lipinski definition) is 3. The van der Waals surface area contributed by atoms with Crippen molar-refractivity contribution in [2.24, 2.45) is 7.05 Å². The fourth-order valence-corrected chi connectivity index (χ4v) is 6.21. The maximum atomic E-state index is 4.65. The Balaban J connectivity index is 1.45. The van der Waals surface area contributed by atoms with E-state index in [1.165, 1.54) is 44.6 Å². The summed E-state index contributed by atoms with van der Waals surface area (Å²) in [5, 5.41) is 0. The topological polar surface area (TPSA) is 34.0 Å². The van der Waals surface area contributed by atoms with Crippen LogP contribution in [0.4, 0.5) is 11.4 Å². The van der Waals surface area contributed by atoms with Crippen LogP contribution in [0.25, 0.3) is 44.9 Å². The number of aryl methyl sites for hydroxylation is 1. The van der Waals surface area contributed by atoms with Gasteiger partial charge in [0.25, 0.3) is 0 Å². The summed E-state index contributed by atoms with van der Waals surface area (Å²) < 4.78 is 2.08. The summed E-state index contributed by atoms with van der Waals surface area (Å²) in [5.41, 5.74) is 13.3. The van der Waals surface area contributed by atoms with Crippen molar-refractivity contribution in [3.05, 3.63) is 122 Å². The van der Waals surface area contributed by atoms with Crippen LogP contribution < -0.4 is 15.7 Å². The molecule has 4 aromatic carbocycles. The number of rotatable bonds is 2. The van der Waals surface area contributed by atoms with Gasteiger partial charge in [-0.1, -0.05) is 78.9 Å². The van der Waals surface area contributed by atoms with Gasteiger partial charge in [0.1, 0.15) is 5.82 Å². The Morgan fingerprint density at radius 2 is 1.21 bits per heavy atom. The molecule has 0 amide bonds. The van der Waals surface area contributed by atoms with Crippen molar-refractivity contribution < 1.29 is 0 Å². The highest BCUT2D eigenvalue weighted by molar-refractivity contribution is 6.92. The van der Waals surface area contributed by atoms with Gasteiger partial charge in [0.15, 0.2) is 0 Å². The summed E-state index contributed by atoms with van der Waals surface area (Å²) in [4.78, 5) is 11.8. The second-order valence-corrected chi connectivity index (χ2v) is 9.99. The molecule has 38 heavy (non-hydrogen) atoms. The van der Waals surface area contributed by atoms with Crippen LogP contribution in [-0.4, -0.2) is 21.4 Å². The molecule has 2 aliphatic rings. The summed E-state index contributed by atoms with van der Waals surface area (Å²) in [7, 11) is 2.05. The third kappa shape index (κ3) is 2.99. The molecule has 0 saturated heterocycles. The number of anilines is 2. The van der Waals surface area contributed by atoms with Crippen LogP contribution in [0.5, 0.6) is 0 Å². The molecule has 2 aliphatic heterocycles.